The molecule has 0 bridgehead atoms. The highest BCUT2D eigenvalue weighted by molar-refractivity contribution is 5.80. The number of nitrogens with zero attached hydrogens (tertiary/aromatic N) is 1. The number of aromatic amines is 1. The van der Waals surface area contributed by atoms with Crippen LogP contribution in [0.2, 0.25) is 0 Å². The summed E-state index contributed by atoms with van der Waals surface area (Å²) >= 11 is 0. The summed E-state index contributed by atoms with van der Waals surface area (Å²) in [6.45, 7) is 0.134. The van der Waals surface area contributed by atoms with Crippen LogP contribution in [-0.4, -0.2) is 15.7 Å². The topological polar surface area (TPSA) is 80.9 Å². The molecule has 0 aliphatic heterocycles. The molecule has 0 saturated carbocycles. The Morgan fingerprint density at radius 2 is 2.11 bits per heavy atom. The van der Waals surface area contributed by atoms with Crippen LogP contribution in [0.15, 0.2) is 35.1 Å². The summed E-state index contributed by atoms with van der Waals surface area (Å²) in [6, 6.07) is 7.20. The Bertz CT molecular complexity index is 630. The molecule has 0 atom stereocenters. The number of halogens is 1. The van der Waals surface area contributed by atoms with Crippen molar-refractivity contribution >= 4 is 5.91 Å². The first-order valence-corrected chi connectivity index (χ1v) is 5.39. The van der Waals surface area contributed by atoms with E-state index in [0.717, 1.165) is 4.68 Å². The van der Waals surface area contributed by atoms with Gasteiger partial charge in [0.1, 0.15) is 5.82 Å². The van der Waals surface area contributed by atoms with Crippen molar-refractivity contribution < 1.29 is 9.18 Å². The summed E-state index contributed by atoms with van der Waals surface area (Å²) in [5.41, 5.74) is 5.57. The second kappa shape index (κ2) is 4.97. The van der Waals surface area contributed by atoms with Crippen molar-refractivity contribution in [3.63, 3.8) is 0 Å². The first kappa shape index (κ1) is 12.3. The van der Waals surface area contributed by atoms with E-state index in [1.54, 1.807) is 6.07 Å². The number of nitrogens with two attached hydrogens (primary N) is 1. The SMILES string of the molecule is NCc1cc(=O)n(C(=O)Cc2ccccc2F)[nH]1. The van der Waals surface area contributed by atoms with E-state index in [9.17, 15) is 14.0 Å². The first-order chi connectivity index (χ1) is 8.61. The minimum Gasteiger partial charge on any atom is -0.325 e. The summed E-state index contributed by atoms with van der Waals surface area (Å²) < 4.78 is 14.2. The van der Waals surface area contributed by atoms with E-state index < -0.39 is 17.3 Å². The minimum atomic E-state index is -0.523. The summed E-state index contributed by atoms with van der Waals surface area (Å²) in [4.78, 5) is 23.3. The average Bonchev–Trinajstić information content (AvgIpc) is 2.73. The van der Waals surface area contributed by atoms with Crippen LogP contribution in [0, 0.1) is 5.82 Å². The molecule has 6 heteroatoms. The van der Waals surface area contributed by atoms with E-state index in [-0.39, 0.29) is 18.5 Å². The van der Waals surface area contributed by atoms with Gasteiger partial charge in [0.15, 0.2) is 0 Å². The third-order valence-corrected chi connectivity index (χ3v) is 2.54. The molecule has 0 spiro atoms. The van der Waals surface area contributed by atoms with Crippen molar-refractivity contribution in [2.75, 3.05) is 0 Å². The van der Waals surface area contributed by atoms with Crippen LogP contribution in [-0.2, 0) is 13.0 Å². The summed E-state index contributed by atoms with van der Waals surface area (Å²) in [7, 11) is 0. The quantitative estimate of drug-likeness (QED) is 0.838. The Morgan fingerprint density at radius 1 is 1.39 bits per heavy atom. The number of rotatable bonds is 3. The number of benzene rings is 1. The maximum atomic E-state index is 13.4. The molecule has 0 aliphatic rings. The standard InChI is InChI=1S/C12H12FN3O2/c13-10-4-2-1-3-8(10)5-11(17)16-12(18)6-9(7-14)15-16/h1-4,6,15H,5,7,14H2. The lowest BCUT2D eigenvalue weighted by Crippen LogP contribution is -2.26. The van der Waals surface area contributed by atoms with Crippen LogP contribution in [0.25, 0.3) is 0 Å². The average molecular weight is 249 g/mol. The Balaban J connectivity index is 2.25. The van der Waals surface area contributed by atoms with Gasteiger partial charge in [-0.3, -0.25) is 14.7 Å². The van der Waals surface area contributed by atoms with Crippen LogP contribution >= 0.6 is 0 Å². The number of nitrogens with one attached hydrogen (secondary N) is 1. The van der Waals surface area contributed by atoms with Crippen molar-refractivity contribution in [2.45, 2.75) is 13.0 Å². The van der Waals surface area contributed by atoms with Gasteiger partial charge in [-0.15, -0.1) is 0 Å². The summed E-state index contributed by atoms with van der Waals surface area (Å²) in [5, 5.41) is 2.58. The normalized spacial score (nSPS) is 10.6. The molecule has 2 aromatic rings. The van der Waals surface area contributed by atoms with Gasteiger partial charge >= 0.3 is 0 Å². The zero-order valence-electron chi connectivity index (χ0n) is 9.52. The number of hydrogen-bond donors (Lipinski definition) is 2. The zero-order chi connectivity index (χ0) is 13.1. The molecule has 0 aliphatic carbocycles. The van der Waals surface area contributed by atoms with E-state index in [4.69, 9.17) is 5.73 Å². The van der Waals surface area contributed by atoms with E-state index in [1.807, 2.05) is 0 Å². The lowest BCUT2D eigenvalue weighted by atomic mass is 10.1. The molecular formula is C12H12FN3O2. The molecular weight excluding hydrogens is 237 g/mol. The fraction of sp³-hybridized carbons (Fsp3) is 0.167. The van der Waals surface area contributed by atoms with E-state index >= 15 is 0 Å². The minimum absolute atomic E-state index is 0.134. The largest absolute Gasteiger partial charge is 0.325 e. The van der Waals surface area contributed by atoms with Crippen LogP contribution in [0.5, 0.6) is 0 Å². The third kappa shape index (κ3) is 2.38. The van der Waals surface area contributed by atoms with Gasteiger partial charge in [0.05, 0.1) is 12.1 Å². The lowest BCUT2D eigenvalue weighted by Gasteiger charge is -2.02. The predicted octanol–water partition coefficient (Wildman–Crippen LogP) is 0.657. The van der Waals surface area contributed by atoms with Gasteiger partial charge in [0, 0.05) is 12.6 Å². The second-order valence-electron chi connectivity index (χ2n) is 3.82. The zero-order valence-corrected chi connectivity index (χ0v) is 9.52. The highest BCUT2D eigenvalue weighted by Crippen LogP contribution is 2.07. The number of aromatic nitrogens is 2. The Labute approximate surface area is 102 Å². The van der Waals surface area contributed by atoms with E-state index in [2.05, 4.69) is 5.10 Å². The van der Waals surface area contributed by atoms with Gasteiger partial charge in [0.25, 0.3) is 11.5 Å². The number of carbonyl (C=O) groups excluding carboxylic acids is 1. The maximum Gasteiger partial charge on any atom is 0.273 e. The van der Waals surface area contributed by atoms with Crippen molar-refractivity contribution in [2.24, 2.45) is 5.73 Å². The highest BCUT2D eigenvalue weighted by atomic mass is 19.1. The van der Waals surface area contributed by atoms with Crippen LogP contribution in [0.3, 0.4) is 0 Å². The molecule has 1 aromatic heterocycles. The molecule has 1 heterocycles. The smallest absolute Gasteiger partial charge is 0.273 e. The van der Waals surface area contributed by atoms with Crippen LogP contribution in [0.1, 0.15) is 16.1 Å². The van der Waals surface area contributed by atoms with Crippen molar-refractivity contribution in [1.82, 2.24) is 9.78 Å². The van der Waals surface area contributed by atoms with Gasteiger partial charge in [-0.1, -0.05) is 18.2 Å². The number of hydrogen-bond acceptors (Lipinski definition) is 3. The number of H-pyrrole nitrogens is 1. The Morgan fingerprint density at radius 3 is 2.72 bits per heavy atom. The van der Waals surface area contributed by atoms with Crippen LogP contribution < -0.4 is 11.3 Å². The van der Waals surface area contributed by atoms with Gasteiger partial charge in [-0.25, -0.2) is 4.39 Å². The van der Waals surface area contributed by atoms with E-state index in [1.165, 1.54) is 24.3 Å². The summed E-state index contributed by atoms with van der Waals surface area (Å²) in [6.07, 6.45) is -0.183. The maximum absolute atomic E-state index is 13.4. The monoisotopic (exact) mass is 249 g/mol. The van der Waals surface area contributed by atoms with Gasteiger partial charge in [-0.05, 0) is 11.6 Å². The highest BCUT2D eigenvalue weighted by Gasteiger charge is 2.13. The van der Waals surface area contributed by atoms with Gasteiger partial charge in [-0.2, -0.15) is 4.68 Å². The fourth-order valence-corrected chi connectivity index (χ4v) is 1.62. The van der Waals surface area contributed by atoms with Crippen molar-refractivity contribution in [1.29, 1.82) is 0 Å². The Hall–Kier alpha value is -2.21. The first-order valence-electron chi connectivity index (χ1n) is 5.39. The molecule has 0 amide bonds. The van der Waals surface area contributed by atoms with E-state index in [0.29, 0.717) is 5.69 Å². The van der Waals surface area contributed by atoms with Crippen LogP contribution in [0.4, 0.5) is 4.39 Å². The molecule has 0 radical (unpaired) electrons. The second-order valence-corrected chi connectivity index (χ2v) is 3.82. The predicted molar refractivity (Wildman–Crippen MR) is 63.7 cm³/mol. The molecule has 18 heavy (non-hydrogen) atoms. The molecule has 0 fully saturated rings. The number of carbonyl (C=O) groups is 1. The Kier molecular flexibility index (Phi) is 3.38. The van der Waals surface area contributed by atoms with Gasteiger partial charge in [0.2, 0.25) is 0 Å². The molecule has 0 saturated heterocycles. The lowest BCUT2D eigenvalue weighted by molar-refractivity contribution is 0.0892. The molecule has 0 unspecified atom stereocenters. The van der Waals surface area contributed by atoms with Crippen molar-refractivity contribution in [3.8, 4) is 0 Å². The fourth-order valence-electron chi connectivity index (χ4n) is 1.62. The molecule has 94 valence electrons. The summed E-state index contributed by atoms with van der Waals surface area (Å²) in [5.74, 6) is -0.991. The molecule has 3 N–H and O–H groups in total. The molecule has 1 aromatic carbocycles. The molecule has 5 nitrogen and oxygen atoms in total. The third-order valence-electron chi connectivity index (χ3n) is 2.54. The van der Waals surface area contributed by atoms with Gasteiger partial charge < -0.3 is 5.73 Å². The van der Waals surface area contributed by atoms with Crippen molar-refractivity contribution in [3.05, 3.63) is 57.8 Å². The molecule has 2 rings (SSSR count).